The Bertz CT molecular complexity index is 305. The lowest BCUT2D eigenvalue weighted by molar-refractivity contribution is 1.21. The smallest absolute Gasteiger partial charge is 0.0438 e. The summed E-state index contributed by atoms with van der Waals surface area (Å²) in [6.07, 6.45) is 0.840. The van der Waals surface area contributed by atoms with Crippen molar-refractivity contribution in [3.8, 4) is 0 Å². The molecule has 0 heterocycles. The minimum absolute atomic E-state index is 0.821. The molecule has 1 aromatic carbocycles. The summed E-state index contributed by atoms with van der Waals surface area (Å²) in [6, 6.07) is 5.92. The number of benzene rings is 1. The Labute approximate surface area is 86.4 Å². The Kier molecular flexibility index (Phi) is 3.36. The molecule has 0 N–H and O–H groups in total. The van der Waals surface area contributed by atoms with Gasteiger partial charge in [0.15, 0.2) is 0 Å². The maximum Gasteiger partial charge on any atom is 0.0438 e. The predicted octanol–water partition coefficient (Wildman–Crippen LogP) is 4.10. The molecule has 0 aliphatic carbocycles. The maximum absolute atomic E-state index is 5.95. The second-order valence-electron chi connectivity index (χ2n) is 2.72. The van der Waals surface area contributed by atoms with Crippen LogP contribution in [0.5, 0.6) is 0 Å². The van der Waals surface area contributed by atoms with Crippen LogP contribution in [-0.4, -0.2) is 0 Å². The van der Waals surface area contributed by atoms with Crippen LogP contribution < -0.4 is 0 Å². The summed E-state index contributed by atoms with van der Waals surface area (Å²) in [4.78, 5) is 0. The third-order valence-electron chi connectivity index (χ3n) is 1.76. The van der Waals surface area contributed by atoms with E-state index in [-0.39, 0.29) is 0 Å². The number of hydrogen-bond donors (Lipinski definition) is 0. The first-order chi connectivity index (χ1) is 5.61. The summed E-state index contributed by atoms with van der Waals surface area (Å²) < 4.78 is 0.980. The fourth-order valence-electron chi connectivity index (χ4n) is 1.05. The summed E-state index contributed by atoms with van der Waals surface area (Å²) in [5, 5.41) is 0.821. The van der Waals surface area contributed by atoms with Crippen molar-refractivity contribution in [2.45, 2.75) is 13.3 Å². The van der Waals surface area contributed by atoms with E-state index in [2.05, 4.69) is 28.6 Å². The molecule has 64 valence electrons. The van der Waals surface area contributed by atoms with Crippen LogP contribution in [0.2, 0.25) is 5.02 Å². The monoisotopic (exact) mass is 244 g/mol. The highest BCUT2D eigenvalue weighted by Crippen LogP contribution is 2.21. The molecular formula is C10H10BrCl. The topological polar surface area (TPSA) is 0 Å². The zero-order valence-corrected chi connectivity index (χ0v) is 9.24. The van der Waals surface area contributed by atoms with Crippen LogP contribution >= 0.6 is 27.5 Å². The molecule has 0 saturated carbocycles. The Balaban J connectivity index is 3.00. The van der Waals surface area contributed by atoms with Gasteiger partial charge in [-0.2, -0.15) is 0 Å². The van der Waals surface area contributed by atoms with Crippen LogP contribution in [0.3, 0.4) is 0 Å². The van der Waals surface area contributed by atoms with E-state index >= 15 is 0 Å². The third kappa shape index (κ3) is 2.36. The van der Waals surface area contributed by atoms with Gasteiger partial charge in [-0.3, -0.25) is 0 Å². The summed E-state index contributed by atoms with van der Waals surface area (Å²) in [5.41, 5.74) is 2.36. The zero-order valence-electron chi connectivity index (χ0n) is 6.90. The fraction of sp³-hybridized carbons (Fsp3) is 0.200. The standard InChI is InChI=1S/C10H10BrCl/c1-7(11)6-9-4-3-5-10(12)8(9)2/h3-5H,1,6H2,2H3. The Hall–Kier alpha value is -0.270. The van der Waals surface area contributed by atoms with Gasteiger partial charge in [0.05, 0.1) is 0 Å². The number of allylic oxidation sites excluding steroid dienone is 1. The molecule has 0 atom stereocenters. The van der Waals surface area contributed by atoms with Crippen molar-refractivity contribution in [2.24, 2.45) is 0 Å². The van der Waals surface area contributed by atoms with Gasteiger partial charge in [0.25, 0.3) is 0 Å². The molecule has 0 nitrogen and oxygen atoms in total. The van der Waals surface area contributed by atoms with Crippen molar-refractivity contribution in [2.75, 3.05) is 0 Å². The van der Waals surface area contributed by atoms with Crippen molar-refractivity contribution in [3.05, 3.63) is 45.4 Å². The fourth-order valence-corrected chi connectivity index (χ4v) is 1.55. The van der Waals surface area contributed by atoms with E-state index in [1.54, 1.807) is 0 Å². The van der Waals surface area contributed by atoms with Crippen molar-refractivity contribution in [1.82, 2.24) is 0 Å². The first-order valence-corrected chi connectivity index (χ1v) is 4.85. The molecule has 0 radical (unpaired) electrons. The van der Waals surface area contributed by atoms with Gasteiger partial charge in [0, 0.05) is 11.4 Å². The summed E-state index contributed by atoms with van der Waals surface area (Å²) in [6.45, 7) is 5.82. The lowest BCUT2D eigenvalue weighted by atomic mass is 10.1. The molecular weight excluding hydrogens is 235 g/mol. The molecule has 0 bridgehead atoms. The van der Waals surface area contributed by atoms with Crippen LogP contribution in [0.15, 0.2) is 29.3 Å². The van der Waals surface area contributed by atoms with Crippen LogP contribution in [0.4, 0.5) is 0 Å². The van der Waals surface area contributed by atoms with E-state index in [1.165, 1.54) is 5.56 Å². The van der Waals surface area contributed by atoms with Crippen LogP contribution in [0.25, 0.3) is 0 Å². The molecule has 0 saturated heterocycles. The van der Waals surface area contributed by atoms with Crippen molar-refractivity contribution in [3.63, 3.8) is 0 Å². The second-order valence-corrected chi connectivity index (χ2v) is 4.25. The number of halogens is 2. The second kappa shape index (κ2) is 4.11. The van der Waals surface area contributed by atoms with Gasteiger partial charge in [0.1, 0.15) is 0 Å². The third-order valence-corrected chi connectivity index (χ3v) is 2.45. The number of rotatable bonds is 2. The molecule has 1 rings (SSSR count). The zero-order chi connectivity index (χ0) is 9.14. The Morgan fingerprint density at radius 2 is 2.25 bits per heavy atom. The first-order valence-electron chi connectivity index (χ1n) is 3.68. The van der Waals surface area contributed by atoms with Gasteiger partial charge in [-0.1, -0.05) is 46.2 Å². The van der Waals surface area contributed by atoms with E-state index in [4.69, 9.17) is 11.6 Å². The van der Waals surface area contributed by atoms with E-state index < -0.39 is 0 Å². The van der Waals surface area contributed by atoms with Gasteiger partial charge in [0.2, 0.25) is 0 Å². The molecule has 12 heavy (non-hydrogen) atoms. The lowest BCUT2D eigenvalue weighted by Crippen LogP contribution is -1.88. The quantitative estimate of drug-likeness (QED) is 0.736. The Morgan fingerprint density at radius 1 is 1.58 bits per heavy atom. The minimum atomic E-state index is 0.821. The largest absolute Gasteiger partial charge is 0.0885 e. The van der Waals surface area contributed by atoms with Gasteiger partial charge in [-0.25, -0.2) is 0 Å². The molecule has 0 fully saturated rings. The maximum atomic E-state index is 5.95. The van der Waals surface area contributed by atoms with E-state index in [1.807, 2.05) is 19.1 Å². The predicted molar refractivity (Wildman–Crippen MR) is 58.0 cm³/mol. The average Bonchev–Trinajstić information content (AvgIpc) is 1.98. The highest BCUT2D eigenvalue weighted by molar-refractivity contribution is 9.11. The average molecular weight is 246 g/mol. The molecule has 0 unspecified atom stereocenters. The van der Waals surface area contributed by atoms with Gasteiger partial charge in [-0.05, 0) is 28.6 Å². The Morgan fingerprint density at radius 3 is 2.83 bits per heavy atom. The number of hydrogen-bond acceptors (Lipinski definition) is 0. The van der Waals surface area contributed by atoms with Crippen LogP contribution in [0, 0.1) is 6.92 Å². The van der Waals surface area contributed by atoms with Crippen molar-refractivity contribution >= 4 is 27.5 Å². The van der Waals surface area contributed by atoms with E-state index in [0.717, 1.165) is 21.5 Å². The van der Waals surface area contributed by atoms with Crippen LogP contribution in [-0.2, 0) is 6.42 Å². The van der Waals surface area contributed by atoms with E-state index in [0.29, 0.717) is 0 Å². The van der Waals surface area contributed by atoms with Crippen LogP contribution in [0.1, 0.15) is 11.1 Å². The normalized spacial score (nSPS) is 9.92. The van der Waals surface area contributed by atoms with Gasteiger partial charge in [-0.15, -0.1) is 0 Å². The van der Waals surface area contributed by atoms with E-state index in [9.17, 15) is 0 Å². The highest BCUT2D eigenvalue weighted by Gasteiger charge is 2.01. The highest BCUT2D eigenvalue weighted by atomic mass is 79.9. The first kappa shape index (κ1) is 9.82. The summed E-state index contributed by atoms with van der Waals surface area (Å²) in [7, 11) is 0. The minimum Gasteiger partial charge on any atom is -0.0885 e. The summed E-state index contributed by atoms with van der Waals surface area (Å²) >= 11 is 9.28. The molecule has 1 aromatic rings. The molecule has 0 aliphatic heterocycles. The lowest BCUT2D eigenvalue weighted by Gasteiger charge is -2.05. The summed E-state index contributed by atoms with van der Waals surface area (Å²) in [5.74, 6) is 0. The molecule has 0 spiro atoms. The van der Waals surface area contributed by atoms with Gasteiger partial charge >= 0.3 is 0 Å². The molecule has 0 aliphatic rings. The molecule has 0 amide bonds. The van der Waals surface area contributed by atoms with Crippen molar-refractivity contribution in [1.29, 1.82) is 0 Å². The van der Waals surface area contributed by atoms with Crippen molar-refractivity contribution < 1.29 is 0 Å². The molecule has 2 heteroatoms. The molecule has 0 aromatic heterocycles. The van der Waals surface area contributed by atoms with Gasteiger partial charge < -0.3 is 0 Å². The SMILES string of the molecule is C=C(Br)Cc1cccc(Cl)c1C.